The molecule has 2 amide bonds. The number of piperidine rings is 1. The molecule has 6 nitrogen and oxygen atoms in total. The van der Waals surface area contributed by atoms with Gasteiger partial charge in [-0.2, -0.15) is 0 Å². The van der Waals surface area contributed by atoms with Gasteiger partial charge in [-0.3, -0.25) is 4.90 Å². The number of benzene rings is 1. The minimum Gasteiger partial charge on any atom is -0.478 e. The van der Waals surface area contributed by atoms with Gasteiger partial charge in [-0.25, -0.2) is 9.59 Å². The molecule has 0 saturated carbocycles. The number of carbonyl (C=O) groups excluding carboxylic acids is 1. The van der Waals surface area contributed by atoms with Gasteiger partial charge in [-0.15, -0.1) is 0 Å². The molecule has 1 fully saturated rings. The van der Waals surface area contributed by atoms with E-state index in [2.05, 4.69) is 10.2 Å². The van der Waals surface area contributed by atoms with Crippen molar-refractivity contribution in [3.63, 3.8) is 0 Å². The summed E-state index contributed by atoms with van der Waals surface area (Å²) in [4.78, 5) is 27.1. The molecule has 0 aromatic heterocycles. The van der Waals surface area contributed by atoms with Crippen molar-refractivity contribution in [2.24, 2.45) is 0 Å². The third-order valence-electron chi connectivity index (χ3n) is 3.75. The molecule has 2 rings (SSSR count). The number of likely N-dealkylation sites (tertiary alicyclic amines) is 1. The molecule has 2 N–H and O–H groups in total. The summed E-state index contributed by atoms with van der Waals surface area (Å²) >= 11 is 0. The number of carbonyl (C=O) groups is 2. The lowest BCUT2D eigenvalue weighted by Crippen LogP contribution is -2.50. The van der Waals surface area contributed by atoms with Gasteiger partial charge in [0.25, 0.3) is 0 Å². The summed E-state index contributed by atoms with van der Waals surface area (Å²) in [6, 6.07) is 6.33. The van der Waals surface area contributed by atoms with Crippen molar-refractivity contribution in [3.05, 3.63) is 29.8 Å². The normalized spacial score (nSPS) is 19.0. The van der Waals surface area contributed by atoms with E-state index in [-0.39, 0.29) is 17.6 Å². The van der Waals surface area contributed by atoms with Crippen LogP contribution >= 0.6 is 0 Å². The summed E-state index contributed by atoms with van der Waals surface area (Å²) in [5.41, 5.74) is 0.516. The third kappa shape index (κ3) is 3.72. The second-order valence-corrected chi connectivity index (χ2v) is 5.43. The van der Waals surface area contributed by atoms with Gasteiger partial charge in [0, 0.05) is 19.6 Å². The van der Waals surface area contributed by atoms with Crippen LogP contribution in [0.5, 0.6) is 0 Å². The van der Waals surface area contributed by atoms with Crippen molar-refractivity contribution in [1.82, 2.24) is 10.2 Å². The predicted octanol–water partition coefficient (Wildman–Crippen LogP) is 1.62. The van der Waals surface area contributed by atoms with Crippen LogP contribution in [-0.4, -0.2) is 55.2 Å². The molecule has 1 saturated heterocycles. The fourth-order valence-electron chi connectivity index (χ4n) is 2.61. The lowest BCUT2D eigenvalue weighted by molar-refractivity contribution is 0.0697. The summed E-state index contributed by atoms with van der Waals surface area (Å²) < 4.78 is 0. The standard InChI is InChI=1S/C15H21N3O3/c1-17-9-5-6-11(10-17)16-15(21)18(2)13-8-4-3-7-12(13)14(19)20/h3-4,7-8,11H,5-6,9-10H2,1-2H3,(H,16,21)(H,19,20). The van der Waals surface area contributed by atoms with Gasteiger partial charge < -0.3 is 15.3 Å². The Labute approximate surface area is 124 Å². The van der Waals surface area contributed by atoms with E-state index in [0.717, 1.165) is 25.9 Å². The van der Waals surface area contributed by atoms with Gasteiger partial charge >= 0.3 is 12.0 Å². The number of aromatic carboxylic acids is 1. The number of amides is 2. The number of nitrogens with one attached hydrogen (secondary N) is 1. The first kappa shape index (κ1) is 15.3. The van der Waals surface area contributed by atoms with Crippen LogP contribution in [-0.2, 0) is 0 Å². The van der Waals surface area contributed by atoms with Crippen LogP contribution in [0, 0.1) is 0 Å². The molecule has 0 aliphatic carbocycles. The third-order valence-corrected chi connectivity index (χ3v) is 3.75. The number of carboxylic acids is 1. The molecule has 0 bridgehead atoms. The van der Waals surface area contributed by atoms with E-state index >= 15 is 0 Å². The smallest absolute Gasteiger partial charge is 0.337 e. The predicted molar refractivity (Wildman–Crippen MR) is 80.9 cm³/mol. The van der Waals surface area contributed by atoms with Crippen LogP contribution in [0.2, 0.25) is 0 Å². The average Bonchev–Trinajstić information content (AvgIpc) is 2.46. The van der Waals surface area contributed by atoms with E-state index < -0.39 is 5.97 Å². The second kappa shape index (κ2) is 6.58. The highest BCUT2D eigenvalue weighted by atomic mass is 16.4. The van der Waals surface area contributed by atoms with E-state index in [1.54, 1.807) is 25.2 Å². The number of likely N-dealkylation sites (N-methyl/N-ethyl adjacent to an activating group) is 1. The van der Waals surface area contributed by atoms with Gasteiger partial charge in [0.15, 0.2) is 0 Å². The van der Waals surface area contributed by atoms with Crippen molar-refractivity contribution in [2.45, 2.75) is 18.9 Å². The van der Waals surface area contributed by atoms with Crippen LogP contribution < -0.4 is 10.2 Å². The van der Waals surface area contributed by atoms with Gasteiger partial charge in [0.05, 0.1) is 11.3 Å². The molecular formula is C15H21N3O3. The Morgan fingerprint density at radius 1 is 1.38 bits per heavy atom. The average molecular weight is 291 g/mol. The summed E-state index contributed by atoms with van der Waals surface area (Å²) in [6.07, 6.45) is 2.00. The quantitative estimate of drug-likeness (QED) is 0.887. The summed E-state index contributed by atoms with van der Waals surface area (Å²) in [5.74, 6) is -1.04. The first-order valence-corrected chi connectivity index (χ1v) is 7.04. The fraction of sp³-hybridized carbons (Fsp3) is 0.467. The number of rotatable bonds is 3. The molecule has 0 spiro atoms. The van der Waals surface area contributed by atoms with Crippen LogP contribution in [0.4, 0.5) is 10.5 Å². The maximum atomic E-state index is 12.3. The molecule has 114 valence electrons. The summed E-state index contributed by atoms with van der Waals surface area (Å²) in [6.45, 7) is 1.87. The Kier molecular flexibility index (Phi) is 4.80. The lowest BCUT2D eigenvalue weighted by Gasteiger charge is -2.31. The fourth-order valence-corrected chi connectivity index (χ4v) is 2.61. The maximum absolute atomic E-state index is 12.3. The molecule has 1 aromatic carbocycles. The largest absolute Gasteiger partial charge is 0.478 e. The van der Waals surface area contributed by atoms with Crippen LogP contribution in [0.1, 0.15) is 23.2 Å². The maximum Gasteiger partial charge on any atom is 0.337 e. The number of hydrogen-bond acceptors (Lipinski definition) is 3. The van der Waals surface area contributed by atoms with Gasteiger partial charge in [-0.05, 0) is 38.6 Å². The van der Waals surface area contributed by atoms with E-state index in [9.17, 15) is 14.7 Å². The van der Waals surface area contributed by atoms with Crippen molar-refractivity contribution in [1.29, 1.82) is 0 Å². The zero-order valence-electron chi connectivity index (χ0n) is 12.4. The minimum absolute atomic E-state index is 0.107. The molecule has 1 aromatic rings. The Morgan fingerprint density at radius 2 is 2.10 bits per heavy atom. The molecule has 0 radical (unpaired) electrons. The zero-order valence-corrected chi connectivity index (χ0v) is 12.4. The molecule has 21 heavy (non-hydrogen) atoms. The van der Waals surface area contributed by atoms with Crippen molar-refractivity contribution < 1.29 is 14.7 Å². The van der Waals surface area contributed by atoms with Gasteiger partial charge in [0.1, 0.15) is 0 Å². The topological polar surface area (TPSA) is 72.9 Å². The Morgan fingerprint density at radius 3 is 2.76 bits per heavy atom. The molecule has 1 aliphatic rings. The number of urea groups is 1. The van der Waals surface area contributed by atoms with Crippen molar-refractivity contribution >= 4 is 17.7 Å². The zero-order chi connectivity index (χ0) is 15.4. The van der Waals surface area contributed by atoms with Crippen molar-refractivity contribution in [2.75, 3.05) is 32.1 Å². The number of hydrogen-bond donors (Lipinski definition) is 2. The van der Waals surface area contributed by atoms with E-state index in [0.29, 0.717) is 5.69 Å². The van der Waals surface area contributed by atoms with Crippen molar-refractivity contribution in [3.8, 4) is 0 Å². The lowest BCUT2D eigenvalue weighted by atomic mass is 10.1. The number of para-hydroxylation sites is 1. The number of nitrogens with zero attached hydrogens (tertiary/aromatic N) is 2. The Bertz CT molecular complexity index is 533. The molecule has 1 aliphatic heterocycles. The van der Waals surface area contributed by atoms with Crippen LogP contribution in [0.3, 0.4) is 0 Å². The van der Waals surface area contributed by atoms with Crippen LogP contribution in [0.25, 0.3) is 0 Å². The van der Waals surface area contributed by atoms with E-state index in [4.69, 9.17) is 0 Å². The number of anilines is 1. The van der Waals surface area contributed by atoms with E-state index in [1.807, 2.05) is 7.05 Å². The SMILES string of the molecule is CN1CCCC(NC(=O)N(C)c2ccccc2C(=O)O)C1. The highest BCUT2D eigenvalue weighted by Gasteiger charge is 2.23. The molecule has 1 heterocycles. The highest BCUT2D eigenvalue weighted by molar-refractivity contribution is 6.01. The molecular weight excluding hydrogens is 270 g/mol. The highest BCUT2D eigenvalue weighted by Crippen LogP contribution is 2.19. The summed E-state index contributed by atoms with van der Waals surface area (Å²) in [7, 11) is 3.62. The first-order valence-electron chi connectivity index (χ1n) is 7.04. The first-order chi connectivity index (χ1) is 9.99. The second-order valence-electron chi connectivity index (χ2n) is 5.43. The summed E-state index contributed by atoms with van der Waals surface area (Å²) in [5, 5.41) is 12.2. The molecule has 1 unspecified atom stereocenters. The van der Waals surface area contributed by atoms with Crippen LogP contribution in [0.15, 0.2) is 24.3 Å². The van der Waals surface area contributed by atoms with Gasteiger partial charge in [-0.1, -0.05) is 12.1 Å². The monoisotopic (exact) mass is 291 g/mol. The van der Waals surface area contributed by atoms with E-state index in [1.165, 1.54) is 11.0 Å². The molecule has 6 heteroatoms. The number of carboxylic acid groups (broad SMARTS) is 1. The minimum atomic E-state index is -1.04. The Hall–Kier alpha value is -2.08. The molecule has 1 atom stereocenters. The van der Waals surface area contributed by atoms with Gasteiger partial charge in [0.2, 0.25) is 0 Å². The Balaban J connectivity index is 2.07.